The van der Waals surface area contributed by atoms with E-state index >= 15 is 0 Å². The van der Waals surface area contributed by atoms with Crippen molar-refractivity contribution < 1.29 is 5.11 Å². The van der Waals surface area contributed by atoms with Gasteiger partial charge in [0, 0.05) is 11.9 Å². The van der Waals surface area contributed by atoms with E-state index in [1.54, 1.807) is 11.3 Å². The molecule has 3 nitrogen and oxygen atoms in total. The van der Waals surface area contributed by atoms with Crippen molar-refractivity contribution in [2.45, 2.75) is 25.4 Å². The first-order chi connectivity index (χ1) is 6.58. The summed E-state index contributed by atoms with van der Waals surface area (Å²) in [5, 5.41) is 16.0. The highest BCUT2D eigenvalue weighted by Crippen LogP contribution is 2.39. The molecule has 0 aromatic carbocycles. The molecule has 5 heteroatoms. The summed E-state index contributed by atoms with van der Waals surface area (Å²) < 4.78 is 0.844. The quantitative estimate of drug-likeness (QED) is 0.888. The number of aliphatic hydroxyl groups is 1. The van der Waals surface area contributed by atoms with E-state index in [1.165, 1.54) is 0 Å². The van der Waals surface area contributed by atoms with Crippen LogP contribution >= 0.6 is 27.3 Å². The van der Waals surface area contributed by atoms with Gasteiger partial charge in [-0.05, 0) is 41.6 Å². The van der Waals surface area contributed by atoms with Crippen molar-refractivity contribution in [1.82, 2.24) is 4.98 Å². The van der Waals surface area contributed by atoms with E-state index in [1.807, 2.05) is 12.3 Å². The smallest absolute Gasteiger partial charge is 0.183 e. The Morgan fingerprint density at radius 1 is 1.79 bits per heavy atom. The number of nitrogens with zero attached hydrogens (tertiary/aromatic N) is 1. The molecule has 1 fully saturated rings. The van der Waals surface area contributed by atoms with E-state index in [4.69, 9.17) is 0 Å². The van der Waals surface area contributed by atoms with Crippen LogP contribution < -0.4 is 5.32 Å². The minimum Gasteiger partial charge on any atom is -0.388 e. The summed E-state index contributed by atoms with van der Waals surface area (Å²) in [7, 11) is 0. The average Bonchev–Trinajstić information content (AvgIpc) is 2.89. The molecule has 1 aromatic heterocycles. The third-order valence-electron chi connectivity index (χ3n) is 2.53. The monoisotopic (exact) mass is 276 g/mol. The standard InChI is InChI=1S/C9H13BrN2OS/c1-9(13,6-2-3-6)5-11-8-12-7(10)4-14-8/h4,6,13H,2-3,5H2,1H3,(H,11,12). The molecule has 0 aliphatic heterocycles. The number of halogens is 1. The minimum atomic E-state index is -0.585. The first-order valence-corrected chi connectivity index (χ1v) is 6.32. The normalized spacial score (nSPS) is 20.5. The number of hydrogen-bond acceptors (Lipinski definition) is 4. The molecule has 1 saturated carbocycles. The van der Waals surface area contributed by atoms with Gasteiger partial charge in [0.1, 0.15) is 4.60 Å². The van der Waals surface area contributed by atoms with E-state index in [9.17, 15) is 5.11 Å². The Bertz CT molecular complexity index is 322. The van der Waals surface area contributed by atoms with Crippen LogP contribution in [0.3, 0.4) is 0 Å². The molecule has 1 aliphatic carbocycles. The number of anilines is 1. The number of aromatic nitrogens is 1. The Morgan fingerprint density at radius 3 is 3.00 bits per heavy atom. The van der Waals surface area contributed by atoms with Gasteiger partial charge in [-0.15, -0.1) is 11.3 Å². The lowest BCUT2D eigenvalue weighted by atomic mass is 10.0. The van der Waals surface area contributed by atoms with Gasteiger partial charge in [-0.3, -0.25) is 0 Å². The fourth-order valence-corrected chi connectivity index (χ4v) is 2.58. The Hall–Kier alpha value is -0.130. The SMILES string of the molecule is CC(O)(CNc1nc(Br)cs1)C1CC1. The van der Waals surface area contributed by atoms with Crippen molar-refractivity contribution in [1.29, 1.82) is 0 Å². The van der Waals surface area contributed by atoms with Crippen LogP contribution in [0.2, 0.25) is 0 Å². The van der Waals surface area contributed by atoms with E-state index in [0.717, 1.165) is 22.6 Å². The van der Waals surface area contributed by atoms with E-state index in [0.29, 0.717) is 12.5 Å². The molecule has 0 bridgehead atoms. The lowest BCUT2D eigenvalue weighted by Gasteiger charge is -2.22. The fourth-order valence-electron chi connectivity index (χ4n) is 1.44. The summed E-state index contributed by atoms with van der Waals surface area (Å²) in [5.74, 6) is 0.471. The highest BCUT2D eigenvalue weighted by atomic mass is 79.9. The molecule has 1 aromatic rings. The van der Waals surface area contributed by atoms with Gasteiger partial charge in [0.05, 0.1) is 5.60 Å². The molecular formula is C9H13BrN2OS. The second kappa shape index (κ2) is 3.79. The molecule has 1 aliphatic rings. The number of nitrogens with one attached hydrogen (secondary N) is 1. The number of rotatable bonds is 4. The second-order valence-electron chi connectivity index (χ2n) is 3.96. The molecule has 14 heavy (non-hydrogen) atoms. The lowest BCUT2D eigenvalue weighted by Crippen LogP contribution is -2.35. The van der Waals surface area contributed by atoms with E-state index < -0.39 is 5.60 Å². The van der Waals surface area contributed by atoms with Crippen LogP contribution in [0.25, 0.3) is 0 Å². The third-order valence-corrected chi connectivity index (χ3v) is 4.04. The molecule has 0 spiro atoms. The van der Waals surface area contributed by atoms with Crippen LogP contribution in [-0.4, -0.2) is 22.2 Å². The van der Waals surface area contributed by atoms with Crippen molar-refractivity contribution in [3.05, 3.63) is 9.98 Å². The van der Waals surface area contributed by atoms with Crippen LogP contribution in [0.1, 0.15) is 19.8 Å². The van der Waals surface area contributed by atoms with E-state index in [2.05, 4.69) is 26.2 Å². The largest absolute Gasteiger partial charge is 0.388 e. The maximum atomic E-state index is 10.0. The molecule has 78 valence electrons. The predicted octanol–water partition coefficient (Wildman–Crippen LogP) is 2.48. The van der Waals surface area contributed by atoms with Gasteiger partial charge in [-0.1, -0.05) is 0 Å². The van der Waals surface area contributed by atoms with Gasteiger partial charge in [0.15, 0.2) is 5.13 Å². The summed E-state index contributed by atoms with van der Waals surface area (Å²) in [6, 6.07) is 0. The van der Waals surface area contributed by atoms with Crippen LogP contribution in [0.15, 0.2) is 9.98 Å². The van der Waals surface area contributed by atoms with Gasteiger partial charge in [0.2, 0.25) is 0 Å². The maximum absolute atomic E-state index is 10.0. The van der Waals surface area contributed by atoms with Crippen molar-refractivity contribution >= 4 is 32.4 Å². The summed E-state index contributed by atoms with van der Waals surface area (Å²) >= 11 is 4.83. The molecule has 0 amide bonds. The molecule has 1 atom stereocenters. The van der Waals surface area contributed by atoms with Crippen LogP contribution in [0.4, 0.5) is 5.13 Å². The van der Waals surface area contributed by atoms with Gasteiger partial charge >= 0.3 is 0 Å². The van der Waals surface area contributed by atoms with E-state index in [-0.39, 0.29) is 0 Å². The zero-order chi connectivity index (χ0) is 10.2. The van der Waals surface area contributed by atoms with Gasteiger partial charge in [-0.2, -0.15) is 0 Å². The molecule has 0 saturated heterocycles. The van der Waals surface area contributed by atoms with Crippen molar-refractivity contribution in [3.63, 3.8) is 0 Å². The topological polar surface area (TPSA) is 45.1 Å². The van der Waals surface area contributed by atoms with Crippen LogP contribution in [0.5, 0.6) is 0 Å². The minimum absolute atomic E-state index is 0.471. The van der Waals surface area contributed by atoms with Gasteiger partial charge in [-0.25, -0.2) is 4.98 Å². The predicted molar refractivity (Wildman–Crippen MR) is 61.7 cm³/mol. The Morgan fingerprint density at radius 2 is 2.50 bits per heavy atom. The number of hydrogen-bond donors (Lipinski definition) is 2. The zero-order valence-electron chi connectivity index (χ0n) is 7.96. The molecular weight excluding hydrogens is 264 g/mol. The first-order valence-electron chi connectivity index (χ1n) is 4.65. The maximum Gasteiger partial charge on any atom is 0.183 e. The van der Waals surface area contributed by atoms with Crippen LogP contribution in [0, 0.1) is 5.92 Å². The highest BCUT2D eigenvalue weighted by Gasteiger charge is 2.39. The highest BCUT2D eigenvalue weighted by molar-refractivity contribution is 9.10. The van der Waals surface area contributed by atoms with Crippen molar-refractivity contribution in [3.8, 4) is 0 Å². The zero-order valence-corrected chi connectivity index (χ0v) is 10.4. The Kier molecular flexibility index (Phi) is 2.81. The fraction of sp³-hybridized carbons (Fsp3) is 0.667. The average molecular weight is 277 g/mol. The van der Waals surface area contributed by atoms with Crippen molar-refractivity contribution in [2.24, 2.45) is 5.92 Å². The van der Waals surface area contributed by atoms with Gasteiger partial charge < -0.3 is 10.4 Å². The van der Waals surface area contributed by atoms with Crippen molar-refractivity contribution in [2.75, 3.05) is 11.9 Å². The molecule has 1 heterocycles. The second-order valence-corrected chi connectivity index (χ2v) is 5.63. The van der Waals surface area contributed by atoms with Gasteiger partial charge in [0.25, 0.3) is 0 Å². The summed E-state index contributed by atoms with van der Waals surface area (Å²) in [5.41, 5.74) is -0.585. The third kappa shape index (κ3) is 2.46. The molecule has 0 radical (unpaired) electrons. The molecule has 2 N–H and O–H groups in total. The summed E-state index contributed by atoms with van der Waals surface area (Å²) in [6.07, 6.45) is 2.30. The van der Waals surface area contributed by atoms with Crippen LogP contribution in [-0.2, 0) is 0 Å². The Balaban J connectivity index is 1.87. The Labute approximate surface area is 95.7 Å². The molecule has 2 rings (SSSR count). The summed E-state index contributed by atoms with van der Waals surface area (Å²) in [6.45, 7) is 2.47. The lowest BCUT2D eigenvalue weighted by molar-refractivity contribution is 0.0503. The first kappa shape index (κ1) is 10.4. The number of thiazole rings is 1. The summed E-state index contributed by atoms with van der Waals surface area (Å²) in [4.78, 5) is 4.21. The molecule has 1 unspecified atom stereocenters.